The van der Waals surface area contributed by atoms with Gasteiger partial charge in [0, 0.05) is 23.2 Å². The van der Waals surface area contributed by atoms with Gasteiger partial charge in [-0.15, -0.1) is 0 Å². The van der Waals surface area contributed by atoms with E-state index < -0.39 is 7.29 Å². The molecule has 0 fully saturated rings. The first-order valence-corrected chi connectivity index (χ1v) is 11.0. The minimum atomic E-state index is -2.89. The Morgan fingerprint density at radius 3 is 1.96 bits per heavy atom. The van der Waals surface area contributed by atoms with Crippen LogP contribution >= 0.6 is 7.29 Å². The first kappa shape index (κ1) is 17.3. The van der Waals surface area contributed by atoms with E-state index in [1.807, 2.05) is 60.7 Å². The highest BCUT2D eigenvalue weighted by atomic mass is 31.2. The molecule has 4 rings (SSSR count). The lowest BCUT2D eigenvalue weighted by Gasteiger charge is -2.42. The summed E-state index contributed by atoms with van der Waals surface area (Å²) in [4.78, 5) is 0. The van der Waals surface area contributed by atoms with Crippen molar-refractivity contribution in [2.75, 3.05) is 6.54 Å². The van der Waals surface area contributed by atoms with Gasteiger partial charge in [-0.3, -0.25) is 4.57 Å². The molecule has 1 heterocycles. The second-order valence-corrected chi connectivity index (χ2v) is 9.48. The molecule has 0 radical (unpaired) electrons. The predicted octanol–water partition coefficient (Wildman–Crippen LogP) is 4.92. The second-order valence-electron chi connectivity index (χ2n) is 6.78. The Morgan fingerprint density at radius 1 is 0.846 bits per heavy atom. The lowest BCUT2D eigenvalue weighted by Crippen LogP contribution is -2.39. The molecule has 1 atom stereocenters. The predicted molar refractivity (Wildman–Crippen MR) is 110 cm³/mol. The van der Waals surface area contributed by atoms with Gasteiger partial charge in [-0.2, -0.15) is 0 Å². The fourth-order valence-electron chi connectivity index (χ4n) is 4.11. The van der Waals surface area contributed by atoms with Crippen LogP contribution in [-0.4, -0.2) is 11.2 Å². The summed E-state index contributed by atoms with van der Waals surface area (Å²) < 4.78 is 17.0. The van der Waals surface area contributed by atoms with Crippen molar-refractivity contribution in [3.05, 3.63) is 96.1 Å². The normalized spacial score (nSPS) is 17.7. The zero-order valence-corrected chi connectivity index (χ0v) is 16.0. The van der Waals surface area contributed by atoms with Crippen LogP contribution in [0.25, 0.3) is 0 Å². The number of nitrogens with zero attached hydrogens (tertiary/aromatic N) is 1. The Morgan fingerprint density at radius 2 is 1.38 bits per heavy atom. The Kier molecular flexibility index (Phi) is 4.80. The standard InChI is InChI=1S/C23H24NOP/c1-2-23-22-16-10-9-11-19(22)17-18-24(23)26(25,20-12-5-3-6-13-20)21-14-7-4-8-15-21/h3-16,23H,2,17-18H2,1H3/t23-/m0/s1. The number of rotatable bonds is 4. The Labute approximate surface area is 155 Å². The van der Waals surface area contributed by atoms with Crippen LogP contribution < -0.4 is 10.6 Å². The zero-order chi connectivity index (χ0) is 18.0. The van der Waals surface area contributed by atoms with Crippen LogP contribution in [0.2, 0.25) is 0 Å². The number of benzene rings is 3. The molecule has 0 aliphatic carbocycles. The molecule has 3 aromatic carbocycles. The molecule has 2 nitrogen and oxygen atoms in total. The van der Waals surface area contributed by atoms with Crippen molar-refractivity contribution < 1.29 is 4.57 Å². The van der Waals surface area contributed by atoms with Gasteiger partial charge in [0.1, 0.15) is 0 Å². The minimum Gasteiger partial charge on any atom is -0.296 e. The van der Waals surface area contributed by atoms with E-state index in [4.69, 9.17) is 0 Å². The third-order valence-electron chi connectivity index (χ3n) is 5.34. The quantitative estimate of drug-likeness (QED) is 0.615. The van der Waals surface area contributed by atoms with Gasteiger partial charge in [-0.05, 0) is 48.2 Å². The summed E-state index contributed by atoms with van der Waals surface area (Å²) in [7, 11) is -2.89. The average Bonchev–Trinajstić information content (AvgIpc) is 2.73. The summed E-state index contributed by atoms with van der Waals surface area (Å²) >= 11 is 0. The van der Waals surface area contributed by atoms with Crippen molar-refractivity contribution in [1.29, 1.82) is 0 Å². The fourth-order valence-corrected chi connectivity index (χ4v) is 7.22. The third kappa shape index (κ3) is 2.84. The first-order valence-electron chi connectivity index (χ1n) is 9.31. The van der Waals surface area contributed by atoms with Crippen LogP contribution in [0.4, 0.5) is 0 Å². The average molecular weight is 361 g/mol. The van der Waals surface area contributed by atoms with Crippen molar-refractivity contribution in [2.24, 2.45) is 0 Å². The van der Waals surface area contributed by atoms with Gasteiger partial charge in [0.25, 0.3) is 0 Å². The molecule has 0 N–H and O–H groups in total. The lowest BCUT2D eigenvalue weighted by atomic mass is 9.93. The van der Waals surface area contributed by atoms with Gasteiger partial charge in [-0.25, -0.2) is 4.67 Å². The van der Waals surface area contributed by atoms with Gasteiger partial charge in [-0.1, -0.05) is 67.6 Å². The smallest absolute Gasteiger partial charge is 0.207 e. The van der Waals surface area contributed by atoms with Crippen molar-refractivity contribution in [3.63, 3.8) is 0 Å². The second kappa shape index (κ2) is 7.23. The molecular weight excluding hydrogens is 337 g/mol. The van der Waals surface area contributed by atoms with E-state index >= 15 is 0 Å². The van der Waals surface area contributed by atoms with Crippen molar-refractivity contribution in [1.82, 2.24) is 4.67 Å². The molecule has 132 valence electrons. The van der Waals surface area contributed by atoms with E-state index in [1.54, 1.807) is 0 Å². The lowest BCUT2D eigenvalue weighted by molar-refractivity contribution is 0.305. The molecule has 0 saturated heterocycles. The zero-order valence-electron chi connectivity index (χ0n) is 15.1. The minimum absolute atomic E-state index is 0.172. The van der Waals surface area contributed by atoms with Crippen LogP contribution in [0.3, 0.4) is 0 Å². The SMILES string of the molecule is CC[C@H]1c2ccccc2CCN1P(=O)(c1ccccc1)c1ccccc1. The monoisotopic (exact) mass is 361 g/mol. The number of hydrogen-bond donors (Lipinski definition) is 0. The van der Waals surface area contributed by atoms with E-state index in [2.05, 4.69) is 35.9 Å². The van der Waals surface area contributed by atoms with E-state index in [1.165, 1.54) is 11.1 Å². The molecule has 0 aromatic heterocycles. The molecule has 1 aliphatic rings. The summed E-state index contributed by atoms with van der Waals surface area (Å²) in [5.74, 6) is 0. The molecule has 0 spiro atoms. The molecule has 1 aliphatic heterocycles. The van der Waals surface area contributed by atoms with E-state index in [0.717, 1.165) is 30.0 Å². The van der Waals surface area contributed by atoms with Gasteiger partial charge in [0.15, 0.2) is 0 Å². The molecule has 26 heavy (non-hydrogen) atoms. The van der Waals surface area contributed by atoms with E-state index in [9.17, 15) is 4.57 Å². The Balaban J connectivity index is 1.89. The Hall–Kier alpha value is -2.15. The third-order valence-corrected chi connectivity index (χ3v) is 8.54. The van der Waals surface area contributed by atoms with Crippen LogP contribution in [-0.2, 0) is 11.0 Å². The molecule has 0 unspecified atom stereocenters. The van der Waals surface area contributed by atoms with E-state index in [0.29, 0.717) is 0 Å². The highest BCUT2D eigenvalue weighted by molar-refractivity contribution is 7.76. The van der Waals surface area contributed by atoms with Crippen LogP contribution in [0.1, 0.15) is 30.5 Å². The van der Waals surface area contributed by atoms with Gasteiger partial charge < -0.3 is 0 Å². The maximum Gasteiger partial charge on any atom is 0.207 e. The van der Waals surface area contributed by atoms with Crippen molar-refractivity contribution >= 4 is 17.9 Å². The molecular formula is C23H24NOP. The fraction of sp³-hybridized carbons (Fsp3) is 0.217. The van der Waals surface area contributed by atoms with Crippen molar-refractivity contribution in [2.45, 2.75) is 25.8 Å². The van der Waals surface area contributed by atoms with Crippen LogP contribution in [0.15, 0.2) is 84.9 Å². The molecule has 0 amide bonds. The van der Waals surface area contributed by atoms with Gasteiger partial charge in [0.2, 0.25) is 7.29 Å². The molecule has 3 heteroatoms. The molecule has 0 saturated carbocycles. The van der Waals surface area contributed by atoms with Gasteiger partial charge in [0.05, 0.1) is 0 Å². The number of hydrogen-bond acceptors (Lipinski definition) is 1. The maximum atomic E-state index is 14.7. The summed E-state index contributed by atoms with van der Waals surface area (Å²) in [6.07, 6.45) is 1.89. The molecule has 0 bridgehead atoms. The highest BCUT2D eigenvalue weighted by Crippen LogP contribution is 2.54. The number of fused-ring (bicyclic) bond motifs is 1. The van der Waals surface area contributed by atoms with Crippen molar-refractivity contribution in [3.8, 4) is 0 Å². The molecule has 3 aromatic rings. The summed E-state index contributed by atoms with van der Waals surface area (Å²) in [6, 6.07) is 28.8. The maximum absolute atomic E-state index is 14.7. The summed E-state index contributed by atoms with van der Waals surface area (Å²) in [6.45, 7) is 3.01. The highest BCUT2D eigenvalue weighted by Gasteiger charge is 2.40. The largest absolute Gasteiger partial charge is 0.296 e. The topological polar surface area (TPSA) is 20.3 Å². The summed E-state index contributed by atoms with van der Waals surface area (Å²) in [5.41, 5.74) is 2.72. The van der Waals surface area contributed by atoms with E-state index in [-0.39, 0.29) is 6.04 Å². The van der Waals surface area contributed by atoms with Crippen LogP contribution in [0.5, 0.6) is 0 Å². The first-order chi connectivity index (χ1) is 12.7. The Bertz CT molecular complexity index is 880. The van der Waals surface area contributed by atoms with Gasteiger partial charge >= 0.3 is 0 Å². The summed E-state index contributed by atoms with van der Waals surface area (Å²) in [5, 5.41) is 1.84. The van der Waals surface area contributed by atoms with Crippen LogP contribution in [0, 0.1) is 0 Å².